The normalized spacial score (nSPS) is 15.1. The summed E-state index contributed by atoms with van der Waals surface area (Å²) in [6.45, 7) is 4.53. The lowest BCUT2D eigenvalue weighted by molar-refractivity contribution is -0.126. The van der Waals surface area contributed by atoms with Crippen LogP contribution in [0.4, 0.5) is 11.4 Å². The Kier molecular flexibility index (Phi) is 7.45. The van der Waals surface area contributed by atoms with E-state index in [1.54, 1.807) is 29.2 Å². The van der Waals surface area contributed by atoms with Gasteiger partial charge in [-0.3, -0.25) is 14.4 Å². The van der Waals surface area contributed by atoms with Crippen LogP contribution in [-0.4, -0.2) is 30.9 Å². The molecule has 0 aromatic heterocycles. The van der Waals surface area contributed by atoms with Crippen molar-refractivity contribution in [1.29, 1.82) is 0 Å². The Morgan fingerprint density at radius 1 is 0.943 bits per heavy atom. The van der Waals surface area contributed by atoms with Gasteiger partial charge >= 0.3 is 0 Å². The van der Waals surface area contributed by atoms with Gasteiger partial charge in [-0.05, 0) is 54.8 Å². The quantitative estimate of drug-likeness (QED) is 0.520. The van der Waals surface area contributed by atoms with E-state index in [0.717, 1.165) is 22.4 Å². The van der Waals surface area contributed by atoms with Crippen molar-refractivity contribution in [2.24, 2.45) is 5.92 Å². The van der Waals surface area contributed by atoms with Crippen LogP contribution in [0.2, 0.25) is 0 Å². The third kappa shape index (κ3) is 6.06. The molecular weight excluding hydrogens is 442 g/mol. The molecule has 1 saturated heterocycles. The smallest absolute Gasteiger partial charge is 0.262 e. The summed E-state index contributed by atoms with van der Waals surface area (Å²) in [5, 5.41) is 5.81. The summed E-state index contributed by atoms with van der Waals surface area (Å²) in [7, 11) is 0. The first kappa shape index (κ1) is 24.0. The molecule has 1 aliphatic heterocycles. The van der Waals surface area contributed by atoms with Gasteiger partial charge in [0.15, 0.2) is 6.61 Å². The highest BCUT2D eigenvalue weighted by Gasteiger charge is 2.35. The number of para-hydroxylation sites is 1. The molecule has 7 nitrogen and oxygen atoms in total. The molecule has 0 bridgehead atoms. The number of nitrogens with one attached hydrogen (secondary N) is 2. The molecule has 1 aliphatic rings. The van der Waals surface area contributed by atoms with Crippen LogP contribution >= 0.6 is 0 Å². The number of carbonyl (C=O) groups excluding carboxylic acids is 3. The van der Waals surface area contributed by atoms with Gasteiger partial charge in [0.05, 0.1) is 5.92 Å². The molecule has 2 N–H and O–H groups in total. The molecule has 35 heavy (non-hydrogen) atoms. The summed E-state index contributed by atoms with van der Waals surface area (Å²) in [5.41, 5.74) is 4.49. The summed E-state index contributed by atoms with van der Waals surface area (Å²) < 4.78 is 5.62. The van der Waals surface area contributed by atoms with Crippen molar-refractivity contribution in [1.82, 2.24) is 5.32 Å². The molecule has 0 spiro atoms. The van der Waals surface area contributed by atoms with Gasteiger partial charge < -0.3 is 20.3 Å². The maximum absolute atomic E-state index is 12.6. The Labute approximate surface area is 205 Å². The maximum Gasteiger partial charge on any atom is 0.262 e. The zero-order valence-corrected chi connectivity index (χ0v) is 19.9. The monoisotopic (exact) mass is 471 g/mol. The summed E-state index contributed by atoms with van der Waals surface area (Å²) in [6.07, 6.45) is 0.178. The van der Waals surface area contributed by atoms with Gasteiger partial charge in [-0.15, -0.1) is 0 Å². The molecule has 3 aromatic carbocycles. The largest absolute Gasteiger partial charge is 0.484 e. The number of benzene rings is 3. The molecule has 3 amide bonds. The average Bonchev–Trinajstić information content (AvgIpc) is 3.26. The van der Waals surface area contributed by atoms with Gasteiger partial charge in [0.2, 0.25) is 11.8 Å². The van der Waals surface area contributed by atoms with Gasteiger partial charge in [0, 0.05) is 30.9 Å². The van der Waals surface area contributed by atoms with Gasteiger partial charge in [-0.25, -0.2) is 0 Å². The number of hydrogen-bond acceptors (Lipinski definition) is 4. The van der Waals surface area contributed by atoms with Crippen molar-refractivity contribution in [3.63, 3.8) is 0 Å². The molecule has 0 saturated carbocycles. The van der Waals surface area contributed by atoms with Gasteiger partial charge in [-0.1, -0.05) is 48.5 Å². The minimum atomic E-state index is -0.393. The first-order chi connectivity index (χ1) is 16.9. The predicted molar refractivity (Wildman–Crippen MR) is 135 cm³/mol. The van der Waals surface area contributed by atoms with E-state index in [9.17, 15) is 14.4 Å². The second kappa shape index (κ2) is 10.9. The first-order valence-corrected chi connectivity index (χ1v) is 11.6. The van der Waals surface area contributed by atoms with Crippen LogP contribution in [0, 0.1) is 19.8 Å². The summed E-state index contributed by atoms with van der Waals surface area (Å²) in [6, 6.07) is 22.5. The van der Waals surface area contributed by atoms with Gasteiger partial charge in [-0.2, -0.15) is 0 Å². The highest BCUT2D eigenvalue weighted by molar-refractivity contribution is 6.00. The van der Waals surface area contributed by atoms with Crippen molar-refractivity contribution in [3.8, 4) is 5.75 Å². The zero-order chi connectivity index (χ0) is 24.8. The van der Waals surface area contributed by atoms with E-state index in [0.29, 0.717) is 24.5 Å². The number of amides is 3. The molecular formula is C28H29N3O4. The number of carbonyl (C=O) groups is 3. The molecule has 0 radical (unpaired) electrons. The fourth-order valence-corrected chi connectivity index (χ4v) is 4.12. The van der Waals surface area contributed by atoms with Crippen LogP contribution in [-0.2, 0) is 20.9 Å². The molecule has 1 atom stereocenters. The summed E-state index contributed by atoms with van der Waals surface area (Å²) >= 11 is 0. The van der Waals surface area contributed by atoms with Crippen molar-refractivity contribution in [2.75, 3.05) is 23.4 Å². The van der Waals surface area contributed by atoms with E-state index >= 15 is 0 Å². The number of aryl methyl sites for hydroxylation is 2. The maximum atomic E-state index is 12.6. The van der Waals surface area contributed by atoms with Crippen molar-refractivity contribution in [2.45, 2.75) is 26.8 Å². The number of anilines is 2. The topological polar surface area (TPSA) is 87.7 Å². The highest BCUT2D eigenvalue weighted by atomic mass is 16.5. The zero-order valence-electron chi connectivity index (χ0n) is 19.9. The fraction of sp³-hybridized carbons (Fsp3) is 0.250. The summed E-state index contributed by atoms with van der Waals surface area (Å²) in [4.78, 5) is 39.1. The second-order valence-corrected chi connectivity index (χ2v) is 8.71. The molecule has 180 valence electrons. The standard InChI is InChI=1S/C28H29N3O4/c1-19-7-6-8-20(2)27(19)30-25(32)18-35-24-13-11-23(12-14-24)31-17-22(15-26(31)33)28(34)29-16-21-9-4-3-5-10-21/h3-14,22H,15-18H2,1-2H3,(H,29,34)(H,30,32)/t22-/m1/s1. The van der Waals surface area contributed by atoms with E-state index in [1.807, 2.05) is 62.4 Å². The van der Waals surface area contributed by atoms with E-state index in [4.69, 9.17) is 4.74 Å². The molecule has 0 aliphatic carbocycles. The lowest BCUT2D eigenvalue weighted by atomic mass is 10.1. The van der Waals surface area contributed by atoms with Crippen LogP contribution in [0.5, 0.6) is 5.75 Å². The summed E-state index contributed by atoms with van der Waals surface area (Å²) in [5.74, 6) is -0.332. The lowest BCUT2D eigenvalue weighted by Gasteiger charge is -2.17. The van der Waals surface area contributed by atoms with Crippen LogP contribution in [0.3, 0.4) is 0 Å². The van der Waals surface area contributed by atoms with Crippen molar-refractivity contribution >= 4 is 29.1 Å². The molecule has 7 heteroatoms. The Morgan fingerprint density at radius 3 is 2.31 bits per heavy atom. The van der Waals surface area contributed by atoms with E-state index in [1.165, 1.54) is 0 Å². The molecule has 1 fully saturated rings. The third-order valence-corrected chi connectivity index (χ3v) is 6.07. The molecule has 3 aromatic rings. The Balaban J connectivity index is 1.28. The molecule has 4 rings (SSSR count). The van der Waals surface area contributed by atoms with Crippen LogP contribution in [0.15, 0.2) is 72.8 Å². The Bertz CT molecular complexity index is 1190. The fourth-order valence-electron chi connectivity index (χ4n) is 4.12. The van der Waals surface area contributed by atoms with E-state index in [-0.39, 0.29) is 30.7 Å². The number of ether oxygens (including phenoxy) is 1. The minimum Gasteiger partial charge on any atom is -0.484 e. The SMILES string of the molecule is Cc1cccc(C)c1NC(=O)COc1ccc(N2C[C@H](C(=O)NCc3ccccc3)CC2=O)cc1. The van der Waals surface area contributed by atoms with Crippen LogP contribution in [0.1, 0.15) is 23.1 Å². The first-order valence-electron chi connectivity index (χ1n) is 11.6. The molecule has 0 unspecified atom stereocenters. The van der Waals surface area contributed by atoms with Gasteiger partial charge in [0.25, 0.3) is 5.91 Å². The van der Waals surface area contributed by atoms with Crippen molar-refractivity contribution in [3.05, 3.63) is 89.5 Å². The van der Waals surface area contributed by atoms with Crippen LogP contribution < -0.4 is 20.3 Å². The van der Waals surface area contributed by atoms with Crippen molar-refractivity contribution < 1.29 is 19.1 Å². The third-order valence-electron chi connectivity index (χ3n) is 6.07. The average molecular weight is 472 g/mol. The highest BCUT2D eigenvalue weighted by Crippen LogP contribution is 2.27. The lowest BCUT2D eigenvalue weighted by Crippen LogP contribution is -2.32. The number of hydrogen-bond donors (Lipinski definition) is 2. The molecule has 1 heterocycles. The van der Waals surface area contributed by atoms with E-state index < -0.39 is 5.92 Å². The number of nitrogens with zero attached hydrogens (tertiary/aromatic N) is 1. The predicted octanol–water partition coefficient (Wildman–Crippen LogP) is 3.99. The van der Waals surface area contributed by atoms with E-state index in [2.05, 4.69) is 10.6 Å². The van der Waals surface area contributed by atoms with Gasteiger partial charge in [0.1, 0.15) is 5.75 Å². The van der Waals surface area contributed by atoms with Crippen LogP contribution in [0.25, 0.3) is 0 Å². The minimum absolute atomic E-state index is 0.0912. The number of rotatable bonds is 8. The Morgan fingerprint density at radius 2 is 1.63 bits per heavy atom. The second-order valence-electron chi connectivity index (χ2n) is 8.71. The Hall–Kier alpha value is -4.13.